The molecule has 0 radical (unpaired) electrons. The smallest absolute Gasteiger partial charge is 0.363 e. The monoisotopic (exact) mass is 407 g/mol. The number of hydrogen-bond acceptors (Lipinski definition) is 4. The number of benzene rings is 3. The Morgan fingerprint density at radius 1 is 1.03 bits per heavy atom. The van der Waals surface area contributed by atoms with Crippen LogP contribution in [0.15, 0.2) is 83.5 Å². The summed E-state index contributed by atoms with van der Waals surface area (Å²) in [6.45, 7) is 0.191. The average Bonchev–Trinajstić information content (AvgIpc) is 3.08. The van der Waals surface area contributed by atoms with Crippen molar-refractivity contribution >= 4 is 29.5 Å². The molecule has 0 aromatic heterocycles. The van der Waals surface area contributed by atoms with Gasteiger partial charge in [0.1, 0.15) is 18.2 Å². The summed E-state index contributed by atoms with van der Waals surface area (Å²) < 4.78 is 24.4. The Hall–Kier alpha value is -3.44. The van der Waals surface area contributed by atoms with Crippen LogP contribution in [0, 0.1) is 5.82 Å². The largest absolute Gasteiger partial charge is 0.488 e. The lowest BCUT2D eigenvalue weighted by atomic mass is 10.1. The first-order valence-electron chi connectivity index (χ1n) is 8.84. The van der Waals surface area contributed by atoms with E-state index in [9.17, 15) is 9.18 Å². The van der Waals surface area contributed by atoms with E-state index < -0.39 is 5.97 Å². The van der Waals surface area contributed by atoms with Gasteiger partial charge in [-0.3, -0.25) is 0 Å². The summed E-state index contributed by atoms with van der Waals surface area (Å²) in [4.78, 5) is 16.6. The molecule has 1 heterocycles. The van der Waals surface area contributed by atoms with E-state index in [-0.39, 0.29) is 24.0 Å². The maximum absolute atomic E-state index is 13.4. The van der Waals surface area contributed by atoms with Gasteiger partial charge in [0.25, 0.3) is 0 Å². The second kappa shape index (κ2) is 8.29. The minimum atomic E-state index is -0.570. The van der Waals surface area contributed by atoms with Crippen molar-refractivity contribution in [3.63, 3.8) is 0 Å². The van der Waals surface area contributed by atoms with E-state index in [0.29, 0.717) is 27.5 Å². The van der Waals surface area contributed by atoms with E-state index in [1.54, 1.807) is 54.6 Å². The maximum atomic E-state index is 13.4. The lowest BCUT2D eigenvalue weighted by Gasteiger charge is -2.09. The van der Waals surface area contributed by atoms with Crippen molar-refractivity contribution in [2.75, 3.05) is 0 Å². The van der Waals surface area contributed by atoms with E-state index in [1.165, 1.54) is 12.1 Å². The Morgan fingerprint density at radius 2 is 1.83 bits per heavy atom. The predicted octanol–water partition coefficient (Wildman–Crippen LogP) is 5.40. The molecule has 0 fully saturated rings. The van der Waals surface area contributed by atoms with Crippen LogP contribution >= 0.6 is 11.6 Å². The second-order valence-corrected chi connectivity index (χ2v) is 6.68. The van der Waals surface area contributed by atoms with Crippen LogP contribution in [0.1, 0.15) is 16.7 Å². The van der Waals surface area contributed by atoms with Crippen LogP contribution in [0.4, 0.5) is 4.39 Å². The molecule has 0 atom stereocenters. The fraction of sp³-hybridized carbons (Fsp3) is 0.0435. The van der Waals surface area contributed by atoms with Gasteiger partial charge in [0.05, 0.1) is 10.6 Å². The topological polar surface area (TPSA) is 47.9 Å². The van der Waals surface area contributed by atoms with Crippen molar-refractivity contribution in [3.05, 3.63) is 106 Å². The third-order valence-electron chi connectivity index (χ3n) is 4.22. The van der Waals surface area contributed by atoms with Crippen molar-refractivity contribution in [2.45, 2.75) is 6.61 Å². The van der Waals surface area contributed by atoms with Gasteiger partial charge in [-0.25, -0.2) is 14.2 Å². The Bertz CT molecular complexity index is 1140. The first-order chi connectivity index (χ1) is 14.1. The van der Waals surface area contributed by atoms with Crippen molar-refractivity contribution < 1.29 is 18.7 Å². The van der Waals surface area contributed by atoms with Crippen LogP contribution in [-0.4, -0.2) is 11.9 Å². The number of ether oxygens (including phenoxy) is 2. The Morgan fingerprint density at radius 3 is 2.66 bits per heavy atom. The number of para-hydroxylation sites is 1. The first kappa shape index (κ1) is 18.9. The molecule has 144 valence electrons. The molecule has 1 aliphatic rings. The summed E-state index contributed by atoms with van der Waals surface area (Å²) in [5.74, 6) is -0.194. The number of hydrogen-bond donors (Lipinski definition) is 0. The fourth-order valence-corrected chi connectivity index (χ4v) is 3.04. The van der Waals surface area contributed by atoms with Crippen LogP contribution in [-0.2, 0) is 16.1 Å². The quantitative estimate of drug-likeness (QED) is 0.420. The molecular weight excluding hydrogens is 393 g/mol. The highest BCUT2D eigenvalue weighted by molar-refractivity contribution is 6.34. The molecule has 0 saturated heterocycles. The predicted molar refractivity (Wildman–Crippen MR) is 109 cm³/mol. The van der Waals surface area contributed by atoms with Gasteiger partial charge in [0.15, 0.2) is 5.70 Å². The van der Waals surface area contributed by atoms with Crippen LogP contribution in [0.25, 0.3) is 6.08 Å². The molecule has 29 heavy (non-hydrogen) atoms. The van der Waals surface area contributed by atoms with Crippen LogP contribution < -0.4 is 4.74 Å². The minimum absolute atomic E-state index is 0.140. The zero-order chi connectivity index (χ0) is 20.2. The lowest BCUT2D eigenvalue weighted by Crippen LogP contribution is -2.05. The fourth-order valence-electron chi connectivity index (χ4n) is 2.83. The van der Waals surface area contributed by atoms with Gasteiger partial charge in [-0.2, -0.15) is 0 Å². The van der Waals surface area contributed by atoms with Gasteiger partial charge < -0.3 is 9.47 Å². The normalized spacial score (nSPS) is 14.6. The maximum Gasteiger partial charge on any atom is 0.363 e. The van der Waals surface area contributed by atoms with Crippen molar-refractivity contribution in [3.8, 4) is 5.75 Å². The summed E-state index contributed by atoms with van der Waals surface area (Å²) in [6, 6.07) is 20.4. The molecule has 0 unspecified atom stereocenters. The Kier molecular flexibility index (Phi) is 5.40. The van der Waals surface area contributed by atoms with Crippen molar-refractivity contribution in [1.82, 2.24) is 0 Å². The highest BCUT2D eigenvalue weighted by Crippen LogP contribution is 2.27. The number of nitrogens with zero attached hydrogens (tertiary/aromatic N) is 1. The number of esters is 1. The molecular formula is C23H15ClFNO3. The molecule has 0 aliphatic carbocycles. The zero-order valence-electron chi connectivity index (χ0n) is 15.1. The number of carbonyl (C=O) groups is 1. The van der Waals surface area contributed by atoms with Gasteiger partial charge >= 0.3 is 5.97 Å². The van der Waals surface area contributed by atoms with E-state index >= 15 is 0 Å². The molecule has 0 bridgehead atoms. The molecule has 4 nitrogen and oxygen atoms in total. The number of aliphatic imine (C=N–C) groups is 1. The summed E-state index contributed by atoms with van der Waals surface area (Å²) >= 11 is 6.16. The molecule has 6 heteroatoms. The standard InChI is InChI=1S/C23H15ClFNO3/c24-19-10-3-2-9-18(19)22-26-20(23(27)29-22)13-16-7-1-4-11-21(16)28-14-15-6-5-8-17(25)12-15/h1-13H,14H2/b20-13-. The molecule has 0 amide bonds. The van der Waals surface area contributed by atoms with Crippen LogP contribution in [0.3, 0.4) is 0 Å². The Balaban J connectivity index is 1.60. The van der Waals surface area contributed by atoms with Crippen LogP contribution in [0.2, 0.25) is 5.02 Å². The molecule has 1 aliphatic heterocycles. The molecule has 0 N–H and O–H groups in total. The van der Waals surface area contributed by atoms with Crippen molar-refractivity contribution in [2.24, 2.45) is 4.99 Å². The highest BCUT2D eigenvalue weighted by atomic mass is 35.5. The Labute approximate surface area is 171 Å². The highest BCUT2D eigenvalue weighted by Gasteiger charge is 2.25. The summed E-state index contributed by atoms with van der Waals surface area (Å²) in [7, 11) is 0. The third-order valence-corrected chi connectivity index (χ3v) is 4.55. The molecule has 3 aromatic rings. The number of halogens is 2. The SMILES string of the molecule is O=C1OC(c2ccccc2Cl)=N/C1=C\c1ccccc1OCc1cccc(F)c1. The van der Waals surface area contributed by atoms with Gasteiger partial charge in [-0.15, -0.1) is 0 Å². The minimum Gasteiger partial charge on any atom is -0.488 e. The van der Waals surface area contributed by atoms with Crippen LogP contribution in [0.5, 0.6) is 5.75 Å². The average molecular weight is 408 g/mol. The van der Waals surface area contributed by atoms with Gasteiger partial charge in [0.2, 0.25) is 5.90 Å². The number of rotatable bonds is 5. The summed E-state index contributed by atoms with van der Waals surface area (Å²) in [5.41, 5.74) is 2.04. The summed E-state index contributed by atoms with van der Waals surface area (Å²) in [5, 5.41) is 0.444. The number of cyclic esters (lactones) is 1. The summed E-state index contributed by atoms with van der Waals surface area (Å²) in [6.07, 6.45) is 1.59. The number of carbonyl (C=O) groups excluding carboxylic acids is 1. The molecule has 0 spiro atoms. The van der Waals surface area contributed by atoms with Gasteiger partial charge in [-0.05, 0) is 42.0 Å². The molecule has 3 aromatic carbocycles. The van der Waals surface area contributed by atoms with Crippen molar-refractivity contribution in [1.29, 1.82) is 0 Å². The lowest BCUT2D eigenvalue weighted by molar-refractivity contribution is -0.129. The van der Waals surface area contributed by atoms with E-state index in [2.05, 4.69) is 4.99 Å². The van der Waals surface area contributed by atoms with E-state index in [4.69, 9.17) is 21.1 Å². The van der Waals surface area contributed by atoms with Gasteiger partial charge in [0, 0.05) is 5.56 Å². The van der Waals surface area contributed by atoms with Gasteiger partial charge in [-0.1, -0.05) is 54.1 Å². The zero-order valence-corrected chi connectivity index (χ0v) is 15.9. The second-order valence-electron chi connectivity index (χ2n) is 6.27. The first-order valence-corrected chi connectivity index (χ1v) is 9.22. The van der Waals surface area contributed by atoms with E-state index in [0.717, 1.165) is 0 Å². The molecule has 0 saturated carbocycles. The molecule has 4 rings (SSSR count). The van der Waals surface area contributed by atoms with E-state index in [1.807, 2.05) is 12.1 Å². The third kappa shape index (κ3) is 4.36.